The van der Waals surface area contributed by atoms with Crippen molar-refractivity contribution in [3.8, 4) is 11.1 Å². The normalized spacial score (nSPS) is 10.4. The monoisotopic (exact) mass is 254 g/mol. The smallest absolute Gasteiger partial charge is 0.0364 e. The van der Waals surface area contributed by atoms with Crippen molar-refractivity contribution in [2.45, 2.75) is 6.92 Å². The maximum Gasteiger partial charge on any atom is 0.0364 e. The topological polar surface area (TPSA) is 6.48 Å². The van der Waals surface area contributed by atoms with Gasteiger partial charge in [-0.25, -0.2) is 0 Å². The summed E-state index contributed by atoms with van der Waals surface area (Å²) in [6.45, 7) is 2.17. The summed E-state index contributed by atoms with van der Waals surface area (Å²) >= 11 is 0. The van der Waals surface area contributed by atoms with Gasteiger partial charge in [-0.2, -0.15) is 0 Å². The number of benzene rings is 2. The summed E-state index contributed by atoms with van der Waals surface area (Å²) in [6.07, 6.45) is 0. The van der Waals surface area contributed by atoms with Crippen LogP contribution in [-0.4, -0.2) is 28.2 Å². The maximum absolute atomic E-state index is 2.23. The van der Waals surface area contributed by atoms with Crippen LogP contribution in [0.25, 0.3) is 11.1 Å². The van der Waals surface area contributed by atoms with E-state index in [0.717, 1.165) is 0 Å². The molecule has 0 radical (unpaired) electrons. The van der Waals surface area contributed by atoms with E-state index in [2.05, 4.69) is 87.4 Å². The fraction of sp³-hybridized carbons (Fsp3) is 0.294. The molecule has 0 aliphatic heterocycles. The van der Waals surface area contributed by atoms with Gasteiger partial charge >= 0.3 is 0 Å². The molecule has 0 atom stereocenters. The first-order valence-electron chi connectivity index (χ1n) is 6.55. The van der Waals surface area contributed by atoms with Crippen LogP contribution >= 0.6 is 0 Å². The number of aryl methyl sites for hydroxylation is 1. The lowest BCUT2D eigenvalue weighted by atomic mass is 9.99. The highest BCUT2D eigenvalue weighted by Gasteiger charge is 2.04. The highest BCUT2D eigenvalue weighted by atomic mass is 15.1. The van der Waals surface area contributed by atoms with Crippen molar-refractivity contribution in [2.24, 2.45) is 0 Å². The van der Waals surface area contributed by atoms with Gasteiger partial charge in [-0.15, -0.1) is 0 Å². The zero-order chi connectivity index (χ0) is 14.0. The van der Waals surface area contributed by atoms with Crippen molar-refractivity contribution in [2.75, 3.05) is 38.0 Å². The molecule has 2 heteroatoms. The predicted molar refractivity (Wildman–Crippen MR) is 85.3 cm³/mol. The molecular weight excluding hydrogens is 232 g/mol. The Morgan fingerprint density at radius 3 is 1.68 bits per heavy atom. The fourth-order valence-corrected chi connectivity index (χ4v) is 2.19. The summed E-state index contributed by atoms with van der Waals surface area (Å²) < 4.78 is 0. The van der Waals surface area contributed by atoms with E-state index in [0.29, 0.717) is 0 Å². The van der Waals surface area contributed by atoms with Gasteiger partial charge in [0.1, 0.15) is 0 Å². The van der Waals surface area contributed by atoms with Gasteiger partial charge in [0.25, 0.3) is 0 Å². The number of hydrogen-bond donors (Lipinski definition) is 0. The van der Waals surface area contributed by atoms with Crippen molar-refractivity contribution in [3.63, 3.8) is 0 Å². The van der Waals surface area contributed by atoms with Crippen molar-refractivity contribution in [1.29, 1.82) is 0 Å². The van der Waals surface area contributed by atoms with Gasteiger partial charge in [-0.1, -0.05) is 18.2 Å². The molecule has 0 saturated heterocycles. The molecule has 0 saturated carbocycles. The van der Waals surface area contributed by atoms with Gasteiger partial charge < -0.3 is 9.80 Å². The minimum absolute atomic E-state index is 1.23. The van der Waals surface area contributed by atoms with Gasteiger partial charge in [0, 0.05) is 39.6 Å². The van der Waals surface area contributed by atoms with Gasteiger partial charge in [0.15, 0.2) is 0 Å². The van der Waals surface area contributed by atoms with Crippen LogP contribution < -0.4 is 9.80 Å². The Morgan fingerprint density at radius 1 is 0.684 bits per heavy atom. The van der Waals surface area contributed by atoms with E-state index in [1.165, 1.54) is 28.1 Å². The van der Waals surface area contributed by atoms with E-state index < -0.39 is 0 Å². The van der Waals surface area contributed by atoms with Gasteiger partial charge in [-0.05, 0) is 47.9 Å². The first-order valence-corrected chi connectivity index (χ1v) is 6.55. The number of rotatable bonds is 3. The van der Waals surface area contributed by atoms with Crippen LogP contribution in [0.4, 0.5) is 11.4 Å². The van der Waals surface area contributed by atoms with Crippen LogP contribution in [0.3, 0.4) is 0 Å². The third-order valence-electron chi connectivity index (χ3n) is 3.42. The molecule has 0 unspecified atom stereocenters. The van der Waals surface area contributed by atoms with Crippen LogP contribution in [0.2, 0.25) is 0 Å². The van der Waals surface area contributed by atoms with Crippen LogP contribution in [0.1, 0.15) is 5.56 Å². The first-order chi connectivity index (χ1) is 8.99. The standard InChI is InChI=1S/C17H22N2/c1-13-12-16(19(4)5)10-11-17(13)14-6-8-15(9-7-14)18(2)3/h6-12H,1-5H3. The Hall–Kier alpha value is -1.96. The quantitative estimate of drug-likeness (QED) is 0.822. The van der Waals surface area contributed by atoms with E-state index >= 15 is 0 Å². The third-order valence-corrected chi connectivity index (χ3v) is 3.42. The number of anilines is 2. The molecule has 0 bridgehead atoms. The highest BCUT2D eigenvalue weighted by molar-refractivity contribution is 5.71. The van der Waals surface area contributed by atoms with Crippen molar-refractivity contribution >= 4 is 11.4 Å². The van der Waals surface area contributed by atoms with Crippen LogP contribution in [0, 0.1) is 6.92 Å². The molecule has 2 nitrogen and oxygen atoms in total. The zero-order valence-corrected chi connectivity index (χ0v) is 12.4. The summed E-state index contributed by atoms with van der Waals surface area (Å²) in [5.74, 6) is 0. The summed E-state index contributed by atoms with van der Waals surface area (Å²) in [6, 6.07) is 15.3. The average Bonchev–Trinajstić information content (AvgIpc) is 2.38. The van der Waals surface area contributed by atoms with Crippen molar-refractivity contribution in [1.82, 2.24) is 0 Å². The van der Waals surface area contributed by atoms with Crippen molar-refractivity contribution in [3.05, 3.63) is 48.0 Å². The molecule has 2 aromatic rings. The molecule has 100 valence electrons. The Labute approximate surface area is 116 Å². The fourth-order valence-electron chi connectivity index (χ4n) is 2.19. The molecule has 0 aromatic heterocycles. The molecule has 0 aliphatic carbocycles. The number of nitrogens with zero attached hydrogens (tertiary/aromatic N) is 2. The van der Waals surface area contributed by atoms with E-state index in [4.69, 9.17) is 0 Å². The second-order valence-electron chi connectivity index (χ2n) is 5.33. The first kappa shape index (κ1) is 13.5. The highest BCUT2D eigenvalue weighted by Crippen LogP contribution is 2.28. The predicted octanol–water partition coefficient (Wildman–Crippen LogP) is 3.79. The van der Waals surface area contributed by atoms with E-state index in [9.17, 15) is 0 Å². The van der Waals surface area contributed by atoms with Crippen molar-refractivity contribution < 1.29 is 0 Å². The molecule has 0 heterocycles. The van der Waals surface area contributed by atoms with Gasteiger partial charge in [0.05, 0.1) is 0 Å². The molecule has 2 aromatic carbocycles. The SMILES string of the molecule is Cc1cc(N(C)C)ccc1-c1ccc(N(C)C)cc1. The molecule has 19 heavy (non-hydrogen) atoms. The van der Waals surface area contributed by atoms with Gasteiger partial charge in [0.2, 0.25) is 0 Å². The summed E-state index contributed by atoms with van der Waals surface area (Å²) in [5, 5.41) is 0. The molecule has 0 aliphatic rings. The van der Waals surface area contributed by atoms with E-state index in [1.807, 2.05) is 0 Å². The van der Waals surface area contributed by atoms with Crippen LogP contribution in [-0.2, 0) is 0 Å². The lowest BCUT2D eigenvalue weighted by molar-refractivity contribution is 1.13. The molecule has 0 fully saturated rings. The molecule has 0 amide bonds. The second-order valence-corrected chi connectivity index (χ2v) is 5.33. The summed E-state index contributed by atoms with van der Waals surface area (Å²) in [7, 11) is 8.26. The summed E-state index contributed by atoms with van der Waals surface area (Å²) in [5.41, 5.74) is 6.35. The second kappa shape index (κ2) is 5.35. The molecule has 2 rings (SSSR count). The molecule has 0 spiro atoms. The van der Waals surface area contributed by atoms with Gasteiger partial charge in [-0.3, -0.25) is 0 Å². The molecular formula is C17H22N2. The van der Waals surface area contributed by atoms with Crippen LogP contribution in [0.5, 0.6) is 0 Å². The Bertz CT molecular complexity index is 554. The lowest BCUT2D eigenvalue weighted by Gasteiger charge is -2.16. The van der Waals surface area contributed by atoms with E-state index in [-0.39, 0.29) is 0 Å². The Kier molecular flexibility index (Phi) is 3.79. The molecule has 0 N–H and O–H groups in total. The summed E-state index contributed by atoms with van der Waals surface area (Å²) in [4.78, 5) is 4.25. The lowest BCUT2D eigenvalue weighted by Crippen LogP contribution is -2.08. The minimum atomic E-state index is 1.23. The third kappa shape index (κ3) is 2.90. The minimum Gasteiger partial charge on any atom is -0.378 e. The zero-order valence-electron chi connectivity index (χ0n) is 12.4. The van der Waals surface area contributed by atoms with Crippen LogP contribution in [0.15, 0.2) is 42.5 Å². The Morgan fingerprint density at radius 2 is 1.21 bits per heavy atom. The Balaban J connectivity index is 2.36. The van der Waals surface area contributed by atoms with E-state index in [1.54, 1.807) is 0 Å². The average molecular weight is 254 g/mol. The number of hydrogen-bond acceptors (Lipinski definition) is 2. The maximum atomic E-state index is 2.23. The largest absolute Gasteiger partial charge is 0.378 e.